The number of primary amides is 1. The van der Waals surface area contributed by atoms with Crippen molar-refractivity contribution in [3.05, 3.63) is 29.3 Å². The second-order valence-electron chi connectivity index (χ2n) is 8.88. The Bertz CT molecular complexity index is 742. The lowest BCUT2D eigenvalue weighted by Gasteiger charge is -2.25. The Labute approximate surface area is 173 Å². The molecule has 0 heterocycles. The second kappa shape index (κ2) is 10.4. The Morgan fingerprint density at radius 3 is 2.24 bits per heavy atom. The summed E-state index contributed by atoms with van der Waals surface area (Å²) < 4.78 is 5.70. The molecule has 0 aliphatic heterocycles. The number of nitrogens with one attached hydrogen (secondary N) is 1. The summed E-state index contributed by atoms with van der Waals surface area (Å²) in [6.07, 6.45) is -0.111. The van der Waals surface area contributed by atoms with E-state index in [0.717, 1.165) is 5.56 Å². The summed E-state index contributed by atoms with van der Waals surface area (Å²) in [6, 6.07) is 4.78. The van der Waals surface area contributed by atoms with Gasteiger partial charge in [0.1, 0.15) is 5.75 Å². The van der Waals surface area contributed by atoms with Crippen LogP contribution in [0.1, 0.15) is 77.3 Å². The highest BCUT2D eigenvalue weighted by molar-refractivity contribution is 5.87. The molecule has 0 aliphatic rings. The predicted molar refractivity (Wildman–Crippen MR) is 113 cm³/mol. The third-order valence-electron chi connectivity index (χ3n) is 4.64. The van der Waals surface area contributed by atoms with Gasteiger partial charge in [0.2, 0.25) is 11.8 Å². The zero-order valence-corrected chi connectivity index (χ0v) is 18.4. The maximum atomic E-state index is 12.6. The zero-order chi connectivity index (χ0) is 22.4. The van der Waals surface area contributed by atoms with Crippen LogP contribution in [0.5, 0.6) is 5.75 Å². The van der Waals surface area contributed by atoms with Crippen molar-refractivity contribution in [2.24, 2.45) is 16.9 Å². The molecule has 162 valence electrons. The summed E-state index contributed by atoms with van der Waals surface area (Å²) in [5, 5.41) is 2.67. The van der Waals surface area contributed by atoms with E-state index >= 15 is 0 Å². The maximum absolute atomic E-state index is 12.6. The molecule has 7 nitrogen and oxygen atoms in total. The first kappa shape index (κ1) is 24.6. The van der Waals surface area contributed by atoms with Crippen LogP contribution in [0.15, 0.2) is 18.2 Å². The van der Waals surface area contributed by atoms with E-state index in [1.165, 1.54) is 5.56 Å². The van der Waals surface area contributed by atoms with Gasteiger partial charge in [-0.1, -0.05) is 53.7 Å². The lowest BCUT2D eigenvalue weighted by atomic mass is 9.88. The number of ether oxygens (including phenoxy) is 1. The summed E-state index contributed by atoms with van der Waals surface area (Å²) >= 11 is 0. The number of hydrogen-bond donors (Lipinski definition) is 3. The van der Waals surface area contributed by atoms with Gasteiger partial charge in [0, 0.05) is 12.1 Å². The highest BCUT2D eigenvalue weighted by Crippen LogP contribution is 2.34. The van der Waals surface area contributed by atoms with E-state index in [9.17, 15) is 14.4 Å². The van der Waals surface area contributed by atoms with Crippen LogP contribution in [-0.4, -0.2) is 30.4 Å². The van der Waals surface area contributed by atoms with Crippen molar-refractivity contribution in [2.75, 3.05) is 6.54 Å². The number of nitrogens with two attached hydrogens (primary N) is 2. The fraction of sp³-hybridized carbons (Fsp3) is 0.591. The van der Waals surface area contributed by atoms with Crippen molar-refractivity contribution in [1.29, 1.82) is 0 Å². The van der Waals surface area contributed by atoms with E-state index in [1.807, 2.05) is 26.0 Å². The fourth-order valence-corrected chi connectivity index (χ4v) is 3.15. The van der Waals surface area contributed by atoms with Gasteiger partial charge >= 0.3 is 5.97 Å². The summed E-state index contributed by atoms with van der Waals surface area (Å²) in [5.74, 6) is -0.359. The molecule has 5 N–H and O–H groups in total. The molecule has 0 bridgehead atoms. The van der Waals surface area contributed by atoms with Crippen LogP contribution in [0.2, 0.25) is 0 Å². The van der Waals surface area contributed by atoms with Crippen LogP contribution >= 0.6 is 0 Å². The highest BCUT2D eigenvalue weighted by atomic mass is 16.5. The van der Waals surface area contributed by atoms with Crippen molar-refractivity contribution in [3.8, 4) is 5.75 Å². The minimum absolute atomic E-state index is 0.113. The molecule has 0 fully saturated rings. The first-order valence-corrected chi connectivity index (χ1v) is 9.99. The van der Waals surface area contributed by atoms with E-state index in [4.69, 9.17) is 16.2 Å². The normalized spacial score (nSPS) is 12.7. The number of amides is 2. The van der Waals surface area contributed by atoms with Crippen molar-refractivity contribution in [1.82, 2.24) is 5.32 Å². The number of carbonyl (C=O) groups is 3. The molecular weight excluding hydrogens is 370 g/mol. The molecule has 1 unspecified atom stereocenters. The molecule has 2 amide bonds. The second-order valence-corrected chi connectivity index (χ2v) is 8.88. The van der Waals surface area contributed by atoms with Crippen LogP contribution in [0.4, 0.5) is 0 Å². The third kappa shape index (κ3) is 7.85. The smallest absolute Gasteiger partial charge is 0.311 e. The van der Waals surface area contributed by atoms with Gasteiger partial charge in [-0.3, -0.25) is 14.4 Å². The zero-order valence-electron chi connectivity index (χ0n) is 18.4. The third-order valence-corrected chi connectivity index (χ3v) is 4.64. The summed E-state index contributed by atoms with van der Waals surface area (Å²) in [7, 11) is 0. The van der Waals surface area contributed by atoms with Crippen LogP contribution in [0, 0.1) is 5.41 Å². The molecule has 1 atom stereocenters. The molecule has 0 saturated carbocycles. The van der Waals surface area contributed by atoms with E-state index in [-0.39, 0.29) is 31.3 Å². The average molecular weight is 406 g/mol. The number of rotatable bonds is 10. The number of carbonyl (C=O) groups excluding carboxylic acids is 3. The van der Waals surface area contributed by atoms with Gasteiger partial charge in [-0.2, -0.15) is 0 Å². The van der Waals surface area contributed by atoms with Crippen molar-refractivity contribution >= 4 is 17.8 Å². The highest BCUT2D eigenvalue weighted by Gasteiger charge is 2.27. The minimum Gasteiger partial charge on any atom is -0.426 e. The fourth-order valence-electron chi connectivity index (χ4n) is 3.15. The Hall–Kier alpha value is -2.41. The van der Waals surface area contributed by atoms with E-state index in [2.05, 4.69) is 39.1 Å². The topological polar surface area (TPSA) is 125 Å². The standard InChI is InChI=1S/C22H35N3O4/c1-13(2)15-8-7-9-17(20(15)14(3)4)29-19(27)11-22(5,6)12-25-21(28)16(23)10-18(24)26/h7-9,13-14,16H,10-12,23H2,1-6H3,(H2,24,26)(H,25,28). The van der Waals surface area contributed by atoms with E-state index < -0.39 is 23.3 Å². The molecule has 0 saturated heterocycles. The monoisotopic (exact) mass is 405 g/mol. The quantitative estimate of drug-likeness (QED) is 0.407. The van der Waals surface area contributed by atoms with Gasteiger partial charge in [0.25, 0.3) is 0 Å². The van der Waals surface area contributed by atoms with E-state index in [0.29, 0.717) is 11.7 Å². The molecule has 0 aliphatic carbocycles. The molecule has 0 radical (unpaired) electrons. The van der Waals surface area contributed by atoms with Gasteiger partial charge in [-0.05, 0) is 28.9 Å². The lowest BCUT2D eigenvalue weighted by molar-refractivity contribution is -0.137. The molecule has 1 aromatic carbocycles. The van der Waals surface area contributed by atoms with Gasteiger partial charge in [-0.15, -0.1) is 0 Å². The number of hydrogen-bond acceptors (Lipinski definition) is 5. The van der Waals surface area contributed by atoms with Crippen LogP contribution in [-0.2, 0) is 14.4 Å². The Morgan fingerprint density at radius 2 is 1.72 bits per heavy atom. The molecule has 0 spiro atoms. The summed E-state index contributed by atoms with van der Waals surface area (Å²) in [5.41, 5.74) is 12.3. The number of benzene rings is 1. The molecular formula is C22H35N3O4. The van der Waals surface area contributed by atoms with Crippen molar-refractivity contribution < 1.29 is 19.1 Å². The summed E-state index contributed by atoms with van der Waals surface area (Å²) in [4.78, 5) is 35.4. The molecule has 29 heavy (non-hydrogen) atoms. The first-order valence-electron chi connectivity index (χ1n) is 9.99. The Morgan fingerprint density at radius 1 is 1.10 bits per heavy atom. The lowest BCUT2D eigenvalue weighted by Crippen LogP contribution is -2.46. The average Bonchev–Trinajstić information content (AvgIpc) is 2.57. The first-order chi connectivity index (χ1) is 13.3. The van der Waals surface area contributed by atoms with Gasteiger partial charge in [-0.25, -0.2) is 0 Å². The molecule has 7 heteroatoms. The molecule has 1 aromatic rings. The van der Waals surface area contributed by atoms with E-state index in [1.54, 1.807) is 0 Å². The maximum Gasteiger partial charge on any atom is 0.311 e. The van der Waals surface area contributed by atoms with Gasteiger partial charge in [0.05, 0.1) is 18.9 Å². The predicted octanol–water partition coefficient (Wildman–Crippen LogP) is 2.57. The van der Waals surface area contributed by atoms with Gasteiger partial charge in [0.15, 0.2) is 0 Å². The van der Waals surface area contributed by atoms with Crippen LogP contribution in [0.25, 0.3) is 0 Å². The molecule has 0 aromatic heterocycles. The van der Waals surface area contributed by atoms with Gasteiger partial charge < -0.3 is 21.5 Å². The minimum atomic E-state index is -0.998. The van der Waals surface area contributed by atoms with Crippen LogP contribution in [0.3, 0.4) is 0 Å². The Kier molecular flexibility index (Phi) is 8.82. The summed E-state index contributed by atoms with van der Waals surface area (Å²) in [6.45, 7) is 12.3. The number of esters is 1. The Balaban J connectivity index is 2.78. The molecule has 1 rings (SSSR count). The van der Waals surface area contributed by atoms with Crippen LogP contribution < -0.4 is 21.5 Å². The SMILES string of the molecule is CC(C)c1cccc(OC(=O)CC(C)(C)CNC(=O)C(N)CC(N)=O)c1C(C)C. The largest absolute Gasteiger partial charge is 0.426 e. The van der Waals surface area contributed by atoms with Crippen molar-refractivity contribution in [2.45, 2.75) is 72.3 Å². The van der Waals surface area contributed by atoms with Crippen molar-refractivity contribution in [3.63, 3.8) is 0 Å².